The Bertz CT molecular complexity index is 3020. The second-order valence-electron chi connectivity index (χ2n) is 16.2. The lowest BCUT2D eigenvalue weighted by atomic mass is 10.0. The Morgan fingerprint density at radius 1 is 0.275 bits per heavy atom. The summed E-state index contributed by atoms with van der Waals surface area (Å²) in [5.74, 6) is -1.72. The van der Waals surface area contributed by atoms with E-state index in [9.17, 15) is 14.4 Å². The lowest BCUT2D eigenvalue weighted by Gasteiger charge is -2.11. The number of nitrogens with zero attached hydrogens (tertiary/aromatic N) is 6. The van der Waals surface area contributed by atoms with Crippen LogP contribution in [0.2, 0.25) is 0 Å². The molecule has 9 heteroatoms. The molecule has 328 valence electrons. The van der Waals surface area contributed by atoms with Crippen molar-refractivity contribution in [1.82, 2.24) is 29.9 Å². The molecule has 0 fully saturated rings. The molecule has 0 atom stereocenters. The summed E-state index contributed by atoms with van der Waals surface area (Å²) in [5.41, 5.74) is 10.1. The normalized spacial score (nSPS) is 10.9. The van der Waals surface area contributed by atoms with Crippen LogP contribution in [0.3, 0.4) is 0 Å². The number of hydrogen-bond donors (Lipinski definition) is 0. The van der Waals surface area contributed by atoms with Gasteiger partial charge in [0.05, 0.1) is 6.42 Å². The van der Waals surface area contributed by atoms with Crippen LogP contribution in [0.25, 0.3) is 50.1 Å². The maximum absolute atomic E-state index is 14.3. The Hall–Kier alpha value is -9.47. The standard InChI is InChI=1S/C60H40N6O3/c1-39(40-22-24-45(25-23-40)41-14-6-2-7-15-41)57-61-52(62-58(65-57)54(67)49-32-26-46(27-33-49)42-16-8-3-9-17-42)38-53-63-59(55(68)50-34-28-47(29-35-50)43-18-10-4-11-19-43)66-60(64-53)56(69)51-36-30-48(31-37-51)44-20-12-5-13-21-44/h2-37H,1,38H2. The van der Waals surface area contributed by atoms with E-state index in [0.29, 0.717) is 22.3 Å². The largest absolute Gasteiger partial charge is 0.285 e. The van der Waals surface area contributed by atoms with Gasteiger partial charge in [0.25, 0.3) is 0 Å². The Morgan fingerprint density at radius 2 is 0.507 bits per heavy atom. The summed E-state index contributed by atoms with van der Waals surface area (Å²) < 4.78 is 0. The SMILES string of the molecule is C=C(c1ccc(-c2ccccc2)cc1)c1nc(Cc2nc(C(=O)c3ccc(-c4ccccc4)cc3)nc(C(=O)c3ccc(-c4ccccc4)cc3)n2)nc(C(=O)c2ccc(-c3ccccc3)cc2)n1. The fourth-order valence-electron chi connectivity index (χ4n) is 7.92. The number of carbonyl (C=O) groups is 3. The predicted molar refractivity (Wildman–Crippen MR) is 268 cm³/mol. The topological polar surface area (TPSA) is 129 Å². The summed E-state index contributed by atoms with van der Waals surface area (Å²) in [6.45, 7) is 4.36. The number of benzene rings is 8. The highest BCUT2D eigenvalue weighted by atomic mass is 16.1. The van der Waals surface area contributed by atoms with Crippen LogP contribution in [0.15, 0.2) is 225 Å². The molecule has 0 spiro atoms. The fourth-order valence-corrected chi connectivity index (χ4v) is 7.92. The highest BCUT2D eigenvalue weighted by molar-refractivity contribution is 6.10. The molecule has 10 aromatic rings. The third-order valence-electron chi connectivity index (χ3n) is 11.7. The first-order chi connectivity index (χ1) is 33.8. The van der Waals surface area contributed by atoms with Gasteiger partial charge in [-0.3, -0.25) is 14.4 Å². The van der Waals surface area contributed by atoms with Crippen molar-refractivity contribution in [1.29, 1.82) is 0 Å². The Morgan fingerprint density at radius 3 is 0.797 bits per heavy atom. The van der Waals surface area contributed by atoms with Crippen molar-refractivity contribution < 1.29 is 14.4 Å². The first-order valence-corrected chi connectivity index (χ1v) is 22.3. The van der Waals surface area contributed by atoms with Crippen molar-refractivity contribution in [3.05, 3.63) is 282 Å². The summed E-state index contributed by atoms with van der Waals surface area (Å²) in [6, 6.07) is 68.9. The lowest BCUT2D eigenvalue weighted by Crippen LogP contribution is -2.19. The van der Waals surface area contributed by atoms with Gasteiger partial charge in [-0.15, -0.1) is 0 Å². The van der Waals surface area contributed by atoms with Crippen LogP contribution in [0.4, 0.5) is 0 Å². The van der Waals surface area contributed by atoms with Gasteiger partial charge in [-0.2, -0.15) is 0 Å². The summed E-state index contributed by atoms with van der Waals surface area (Å²) in [5, 5.41) is 0. The minimum Gasteiger partial charge on any atom is -0.285 e. The van der Waals surface area contributed by atoms with Crippen molar-refractivity contribution in [3.8, 4) is 44.5 Å². The zero-order valence-corrected chi connectivity index (χ0v) is 37.1. The van der Waals surface area contributed by atoms with Gasteiger partial charge in [-0.05, 0) is 50.1 Å². The molecule has 0 saturated carbocycles. The molecule has 2 aromatic heterocycles. The van der Waals surface area contributed by atoms with Gasteiger partial charge >= 0.3 is 0 Å². The average Bonchev–Trinajstić information content (AvgIpc) is 3.43. The summed E-state index contributed by atoms with van der Waals surface area (Å²) >= 11 is 0. The van der Waals surface area contributed by atoms with Crippen LogP contribution in [0, 0.1) is 0 Å². The van der Waals surface area contributed by atoms with E-state index in [1.165, 1.54) is 0 Å². The Labute approximate surface area is 398 Å². The van der Waals surface area contributed by atoms with Crippen LogP contribution in [0.1, 0.15) is 71.6 Å². The first kappa shape index (κ1) is 43.4. The van der Waals surface area contributed by atoms with Crippen molar-refractivity contribution in [2.45, 2.75) is 6.42 Å². The van der Waals surface area contributed by atoms with Crippen LogP contribution in [-0.2, 0) is 6.42 Å². The summed E-state index contributed by atoms with van der Waals surface area (Å²) in [7, 11) is 0. The van der Waals surface area contributed by atoms with Crippen molar-refractivity contribution in [3.63, 3.8) is 0 Å². The quantitative estimate of drug-likeness (QED) is 0.0980. The predicted octanol–water partition coefficient (Wildman–Crippen LogP) is 12.1. The molecule has 69 heavy (non-hydrogen) atoms. The number of hydrogen-bond acceptors (Lipinski definition) is 9. The zero-order chi connectivity index (χ0) is 47.1. The minimum atomic E-state index is -0.509. The van der Waals surface area contributed by atoms with Gasteiger partial charge in [0.1, 0.15) is 11.6 Å². The van der Waals surface area contributed by atoms with Gasteiger partial charge < -0.3 is 0 Å². The van der Waals surface area contributed by atoms with E-state index in [0.717, 1.165) is 50.1 Å². The van der Waals surface area contributed by atoms with Gasteiger partial charge in [-0.25, -0.2) is 29.9 Å². The van der Waals surface area contributed by atoms with Gasteiger partial charge in [-0.1, -0.05) is 225 Å². The average molecular weight is 893 g/mol. The zero-order valence-electron chi connectivity index (χ0n) is 37.1. The minimum absolute atomic E-state index is 0.0408. The van der Waals surface area contributed by atoms with E-state index in [1.54, 1.807) is 36.4 Å². The molecular formula is C60H40N6O3. The van der Waals surface area contributed by atoms with Gasteiger partial charge in [0, 0.05) is 22.3 Å². The molecule has 0 N–H and O–H groups in total. The van der Waals surface area contributed by atoms with E-state index in [1.807, 2.05) is 182 Å². The molecule has 0 aliphatic carbocycles. The molecular weight excluding hydrogens is 853 g/mol. The smallest absolute Gasteiger partial charge is 0.230 e. The van der Waals surface area contributed by atoms with Crippen molar-refractivity contribution >= 4 is 22.9 Å². The number of aromatic nitrogens is 6. The number of ketones is 3. The molecule has 2 heterocycles. The molecule has 10 rings (SSSR count). The van der Waals surface area contributed by atoms with Crippen LogP contribution in [-0.4, -0.2) is 47.3 Å². The van der Waals surface area contributed by atoms with E-state index < -0.39 is 17.3 Å². The van der Waals surface area contributed by atoms with E-state index in [2.05, 4.69) is 31.5 Å². The molecule has 0 unspecified atom stereocenters. The second-order valence-corrected chi connectivity index (χ2v) is 16.2. The molecule has 0 aliphatic heterocycles. The number of rotatable bonds is 14. The molecule has 0 saturated heterocycles. The molecule has 9 nitrogen and oxygen atoms in total. The monoisotopic (exact) mass is 892 g/mol. The van der Waals surface area contributed by atoms with Gasteiger partial charge in [0.15, 0.2) is 5.82 Å². The van der Waals surface area contributed by atoms with Gasteiger partial charge in [0.2, 0.25) is 34.8 Å². The Balaban J connectivity index is 1.03. The molecule has 8 aromatic carbocycles. The summed E-state index contributed by atoms with van der Waals surface area (Å²) in [4.78, 5) is 70.8. The summed E-state index contributed by atoms with van der Waals surface area (Å²) in [6.07, 6.45) is -0.189. The third-order valence-corrected chi connectivity index (χ3v) is 11.7. The molecule has 0 radical (unpaired) electrons. The van der Waals surface area contributed by atoms with E-state index in [4.69, 9.17) is 4.98 Å². The van der Waals surface area contributed by atoms with E-state index in [-0.39, 0.29) is 41.4 Å². The highest BCUT2D eigenvalue weighted by Crippen LogP contribution is 2.27. The first-order valence-electron chi connectivity index (χ1n) is 22.3. The third kappa shape index (κ3) is 9.75. The van der Waals surface area contributed by atoms with Crippen molar-refractivity contribution in [2.75, 3.05) is 0 Å². The second kappa shape index (κ2) is 19.6. The molecule has 0 bridgehead atoms. The Kier molecular flexibility index (Phi) is 12.3. The lowest BCUT2D eigenvalue weighted by molar-refractivity contribution is 0.101. The van der Waals surface area contributed by atoms with Crippen LogP contribution in [0.5, 0.6) is 0 Å². The van der Waals surface area contributed by atoms with Crippen molar-refractivity contribution in [2.24, 2.45) is 0 Å². The van der Waals surface area contributed by atoms with Crippen LogP contribution < -0.4 is 0 Å². The van der Waals surface area contributed by atoms with Crippen LogP contribution >= 0.6 is 0 Å². The maximum atomic E-state index is 14.3. The fraction of sp³-hybridized carbons (Fsp3) is 0.0167. The maximum Gasteiger partial charge on any atom is 0.230 e. The highest BCUT2D eigenvalue weighted by Gasteiger charge is 2.24. The number of carbonyl (C=O) groups excluding carboxylic acids is 3. The van der Waals surface area contributed by atoms with E-state index >= 15 is 0 Å². The molecule has 0 aliphatic rings. The molecule has 0 amide bonds.